The lowest BCUT2D eigenvalue weighted by atomic mass is 9.71. The highest BCUT2D eigenvalue weighted by Crippen LogP contribution is 2.42. The number of aromatic nitrogens is 2. The zero-order chi connectivity index (χ0) is 27.5. The van der Waals surface area contributed by atoms with Crippen molar-refractivity contribution in [1.29, 1.82) is 0 Å². The van der Waals surface area contributed by atoms with Crippen LogP contribution < -0.4 is 5.32 Å². The minimum atomic E-state index is -4.64. The van der Waals surface area contributed by atoms with Crippen LogP contribution >= 0.6 is 11.6 Å². The van der Waals surface area contributed by atoms with Gasteiger partial charge in [-0.1, -0.05) is 44.2 Å². The molecule has 0 aromatic carbocycles. The molecule has 37 heavy (non-hydrogen) atoms. The van der Waals surface area contributed by atoms with Gasteiger partial charge in [0, 0.05) is 23.7 Å². The van der Waals surface area contributed by atoms with Gasteiger partial charge in [0.2, 0.25) is 0 Å². The molecule has 0 aliphatic heterocycles. The first-order chi connectivity index (χ1) is 17.2. The van der Waals surface area contributed by atoms with Crippen molar-refractivity contribution in [2.45, 2.75) is 71.5 Å². The van der Waals surface area contributed by atoms with E-state index in [0.29, 0.717) is 34.9 Å². The van der Waals surface area contributed by atoms with Crippen LogP contribution in [0.5, 0.6) is 0 Å². The molecule has 1 saturated carbocycles. The Labute approximate surface area is 219 Å². The van der Waals surface area contributed by atoms with Crippen molar-refractivity contribution in [3.05, 3.63) is 58.1 Å². The normalized spacial score (nSPS) is 16.0. The van der Waals surface area contributed by atoms with Gasteiger partial charge >= 0.3 is 12.1 Å². The molecule has 2 heterocycles. The predicted octanol–water partition coefficient (Wildman–Crippen LogP) is 6.72. The van der Waals surface area contributed by atoms with E-state index in [1.54, 1.807) is 13.0 Å². The van der Waals surface area contributed by atoms with Gasteiger partial charge in [-0.25, -0.2) is 4.79 Å². The maximum Gasteiger partial charge on any atom is 0.410 e. The number of pyridine rings is 2. The highest BCUT2D eigenvalue weighted by molar-refractivity contribution is 6.31. The number of carbonyl (C=O) groups excluding carboxylic acids is 1. The zero-order valence-electron chi connectivity index (χ0n) is 21.2. The molecule has 1 amide bonds. The fraction of sp³-hybridized carbons (Fsp3) is 0.481. The van der Waals surface area contributed by atoms with Gasteiger partial charge in [0.1, 0.15) is 5.54 Å². The molecule has 2 N–H and O–H groups in total. The molecule has 1 fully saturated rings. The molecule has 2 aromatic heterocycles. The number of nitrogens with one attached hydrogen (secondary N) is 1. The molecular weight excluding hydrogens is 507 g/mol. The van der Waals surface area contributed by atoms with Gasteiger partial charge in [-0.3, -0.25) is 14.8 Å². The van der Waals surface area contributed by atoms with Gasteiger partial charge in [-0.05, 0) is 62.8 Å². The monoisotopic (exact) mass is 537 g/mol. The Balaban J connectivity index is 2.08. The predicted molar refractivity (Wildman–Crippen MR) is 136 cm³/mol. The molecule has 3 rings (SSSR count). The molecule has 0 radical (unpaired) electrons. The maximum atomic E-state index is 13.2. The summed E-state index contributed by atoms with van der Waals surface area (Å²) in [5.41, 5.74) is -0.812. The number of carbonyl (C=O) groups is 2. The minimum Gasteiger partial charge on any atom is -0.478 e. The summed E-state index contributed by atoms with van der Waals surface area (Å²) in [5.74, 6) is -1.39. The molecule has 1 atom stereocenters. The van der Waals surface area contributed by atoms with Gasteiger partial charge in [-0.15, -0.1) is 0 Å². The van der Waals surface area contributed by atoms with Crippen LogP contribution in [-0.2, 0) is 4.79 Å². The van der Waals surface area contributed by atoms with Crippen molar-refractivity contribution in [2.75, 3.05) is 0 Å². The second-order valence-corrected chi connectivity index (χ2v) is 10.5. The van der Waals surface area contributed by atoms with E-state index in [-0.39, 0.29) is 22.1 Å². The molecule has 10 heteroatoms. The summed E-state index contributed by atoms with van der Waals surface area (Å²) in [6.07, 6.45) is 2.55. The minimum absolute atomic E-state index is 0.0215. The van der Waals surface area contributed by atoms with Crippen LogP contribution in [0.25, 0.3) is 11.1 Å². The number of aliphatic carboxylic acids is 1. The average molecular weight is 538 g/mol. The van der Waals surface area contributed by atoms with Gasteiger partial charge in [0.25, 0.3) is 5.91 Å². The van der Waals surface area contributed by atoms with E-state index in [1.807, 2.05) is 5.32 Å². The highest BCUT2D eigenvalue weighted by Gasteiger charge is 2.48. The maximum absolute atomic E-state index is 13.2. The summed E-state index contributed by atoms with van der Waals surface area (Å²) >= 11 is 6.15. The first kappa shape index (κ1) is 28.6. The van der Waals surface area contributed by atoms with Crippen molar-refractivity contribution in [2.24, 2.45) is 11.8 Å². The van der Waals surface area contributed by atoms with E-state index in [1.165, 1.54) is 24.5 Å². The first-order valence-electron chi connectivity index (χ1n) is 12.2. The first-order valence-corrected chi connectivity index (χ1v) is 12.6. The summed E-state index contributed by atoms with van der Waals surface area (Å²) in [6, 6.07) is 4.39. The quantitative estimate of drug-likeness (QED) is 0.346. The lowest BCUT2D eigenvalue weighted by Crippen LogP contribution is -2.54. The van der Waals surface area contributed by atoms with Crippen molar-refractivity contribution >= 4 is 34.6 Å². The van der Waals surface area contributed by atoms with Crippen molar-refractivity contribution in [3.63, 3.8) is 0 Å². The summed E-state index contributed by atoms with van der Waals surface area (Å²) in [4.78, 5) is 33.7. The zero-order valence-corrected chi connectivity index (χ0v) is 22.0. The van der Waals surface area contributed by atoms with Crippen LogP contribution in [0, 0.1) is 18.8 Å². The van der Waals surface area contributed by atoms with E-state index in [2.05, 4.69) is 16.9 Å². The van der Waals surface area contributed by atoms with Crippen LogP contribution in [-0.4, -0.2) is 38.7 Å². The lowest BCUT2D eigenvalue weighted by Gasteiger charge is -2.34. The van der Waals surface area contributed by atoms with E-state index >= 15 is 0 Å². The molecule has 0 spiro atoms. The number of rotatable bonds is 9. The molecule has 200 valence electrons. The molecule has 1 aliphatic carbocycles. The Kier molecular flexibility index (Phi) is 8.67. The molecule has 6 nitrogen and oxygen atoms in total. The van der Waals surface area contributed by atoms with Crippen LogP contribution in [0.3, 0.4) is 0 Å². The van der Waals surface area contributed by atoms with Crippen LogP contribution in [0.1, 0.15) is 80.2 Å². The number of aryl methyl sites for hydroxylation is 1. The van der Waals surface area contributed by atoms with E-state index in [9.17, 15) is 27.9 Å². The Morgan fingerprint density at radius 3 is 2.35 bits per heavy atom. The molecule has 0 saturated heterocycles. The van der Waals surface area contributed by atoms with E-state index in [4.69, 9.17) is 11.6 Å². The third kappa shape index (κ3) is 6.50. The van der Waals surface area contributed by atoms with E-state index < -0.39 is 23.6 Å². The van der Waals surface area contributed by atoms with Crippen molar-refractivity contribution in [1.82, 2.24) is 15.3 Å². The second kappa shape index (κ2) is 11.2. The summed E-state index contributed by atoms with van der Waals surface area (Å²) < 4.78 is 39.6. The third-order valence-corrected chi connectivity index (χ3v) is 7.32. The number of carboxylic acids is 1. The molecular formula is C27H31ClF3N3O3. The Morgan fingerprint density at radius 1 is 1.19 bits per heavy atom. The van der Waals surface area contributed by atoms with Crippen LogP contribution in [0.15, 0.2) is 30.6 Å². The van der Waals surface area contributed by atoms with Crippen LogP contribution in [0.2, 0.25) is 5.02 Å². The Morgan fingerprint density at radius 2 is 1.86 bits per heavy atom. The van der Waals surface area contributed by atoms with Crippen molar-refractivity contribution in [3.8, 4) is 0 Å². The second-order valence-electron chi connectivity index (χ2n) is 10.0. The summed E-state index contributed by atoms with van der Waals surface area (Å²) in [7, 11) is 0. The number of halogens is 4. The standard InChI is InChI=1S/C27H31ClF3N3O3/c1-5-16(17-7-6-8-17)11-21(23(25(36)37)20-12-19(28)14-32-15(20)2)22-10-9-18(13-33-22)24(35)34-26(3,4)27(29,30)31/h9-10,12-14,16-17H,5-8,11H2,1-4H3,(H,34,35)(H,36,37). The largest absolute Gasteiger partial charge is 0.478 e. The molecule has 2 aromatic rings. The summed E-state index contributed by atoms with van der Waals surface area (Å²) in [5, 5.41) is 12.6. The number of hydrogen-bond acceptors (Lipinski definition) is 4. The number of alkyl halides is 3. The smallest absolute Gasteiger partial charge is 0.410 e. The van der Waals surface area contributed by atoms with Crippen LogP contribution in [0.4, 0.5) is 13.2 Å². The van der Waals surface area contributed by atoms with Gasteiger partial charge in [0.05, 0.1) is 21.9 Å². The average Bonchev–Trinajstić information content (AvgIpc) is 2.77. The number of amides is 1. The topological polar surface area (TPSA) is 92.2 Å². The Hall–Kier alpha value is -2.94. The fourth-order valence-electron chi connectivity index (χ4n) is 4.45. The fourth-order valence-corrected chi connectivity index (χ4v) is 4.61. The SMILES string of the molecule is CCC(CC(=C(C(=O)O)c1cc(Cl)cnc1C)c1ccc(C(=O)NC(C)(C)C(F)(F)F)cn1)C1CCC1. The lowest BCUT2D eigenvalue weighted by molar-refractivity contribution is -0.182. The summed E-state index contributed by atoms with van der Waals surface area (Å²) in [6.45, 7) is 5.51. The van der Waals surface area contributed by atoms with Crippen molar-refractivity contribution < 1.29 is 27.9 Å². The molecule has 1 aliphatic rings. The highest BCUT2D eigenvalue weighted by atomic mass is 35.5. The number of hydrogen-bond donors (Lipinski definition) is 2. The third-order valence-electron chi connectivity index (χ3n) is 7.12. The van der Waals surface area contributed by atoms with Gasteiger partial charge < -0.3 is 10.4 Å². The van der Waals surface area contributed by atoms with E-state index in [0.717, 1.165) is 39.5 Å². The number of carboxylic acid groups (broad SMARTS) is 1. The van der Waals surface area contributed by atoms with Gasteiger partial charge in [0.15, 0.2) is 0 Å². The Bertz CT molecular complexity index is 1190. The van der Waals surface area contributed by atoms with Gasteiger partial charge in [-0.2, -0.15) is 13.2 Å². The number of allylic oxidation sites excluding steroid dienone is 1. The molecule has 0 bridgehead atoms. The molecule has 1 unspecified atom stereocenters. The number of nitrogens with zero attached hydrogens (tertiary/aromatic N) is 2.